The molecule has 3 fully saturated rings. The number of hydrogen-bond donors (Lipinski definition) is 2. The molecule has 6 nitrogen and oxygen atoms in total. The number of hydrogen-bond acceptors (Lipinski definition) is 7. The highest BCUT2D eigenvalue weighted by atomic mass is 32.1. The number of anilines is 1. The summed E-state index contributed by atoms with van der Waals surface area (Å²) >= 11 is 1.64. The fourth-order valence-electron chi connectivity index (χ4n) is 4.45. The minimum Gasteiger partial charge on any atom is -0.389 e. The molecule has 4 heterocycles. The number of likely N-dealkylation sites (tertiary alicyclic amines) is 1. The van der Waals surface area contributed by atoms with Crippen LogP contribution >= 0.6 is 11.3 Å². The van der Waals surface area contributed by atoms with Crippen LogP contribution in [0.1, 0.15) is 18.5 Å². The van der Waals surface area contributed by atoms with Gasteiger partial charge in [-0.3, -0.25) is 4.90 Å². The maximum Gasteiger partial charge on any atom is 0.182 e. The zero-order valence-corrected chi connectivity index (χ0v) is 14.3. The number of piperidine rings is 1. The number of aliphatic hydroxyl groups is 1. The van der Waals surface area contributed by atoms with E-state index in [4.69, 9.17) is 9.47 Å². The molecule has 1 aromatic rings. The molecule has 4 rings (SSSR count). The first-order valence-electron chi connectivity index (χ1n) is 8.45. The van der Waals surface area contributed by atoms with Crippen LogP contribution < -0.4 is 5.32 Å². The zero-order valence-electron chi connectivity index (χ0n) is 13.5. The van der Waals surface area contributed by atoms with Gasteiger partial charge in [0.25, 0.3) is 0 Å². The highest BCUT2D eigenvalue weighted by molar-refractivity contribution is 7.13. The Morgan fingerprint density at radius 2 is 2.30 bits per heavy atom. The minimum absolute atomic E-state index is 0.168. The highest BCUT2D eigenvalue weighted by Crippen LogP contribution is 2.44. The summed E-state index contributed by atoms with van der Waals surface area (Å²) in [5, 5.41) is 17.5. The van der Waals surface area contributed by atoms with Gasteiger partial charge in [-0.15, -0.1) is 11.3 Å². The molecule has 0 amide bonds. The number of rotatable bonds is 3. The van der Waals surface area contributed by atoms with Crippen molar-refractivity contribution in [2.24, 2.45) is 11.8 Å². The Labute approximate surface area is 140 Å². The van der Waals surface area contributed by atoms with Gasteiger partial charge in [-0.25, -0.2) is 4.98 Å². The van der Waals surface area contributed by atoms with Crippen molar-refractivity contribution < 1.29 is 14.6 Å². The summed E-state index contributed by atoms with van der Waals surface area (Å²) < 4.78 is 11.4. The summed E-state index contributed by atoms with van der Waals surface area (Å²) in [6, 6.07) is 0.378. The third-order valence-electron chi connectivity index (χ3n) is 5.69. The third kappa shape index (κ3) is 2.78. The number of thiazole rings is 1. The van der Waals surface area contributed by atoms with E-state index in [1.807, 2.05) is 7.05 Å². The van der Waals surface area contributed by atoms with E-state index in [0.717, 1.165) is 43.4 Å². The summed E-state index contributed by atoms with van der Waals surface area (Å²) in [7, 11) is 1.90. The van der Waals surface area contributed by atoms with E-state index in [0.29, 0.717) is 25.9 Å². The lowest BCUT2D eigenvalue weighted by molar-refractivity contribution is -0.221. The lowest BCUT2D eigenvalue weighted by atomic mass is 9.66. The molecule has 2 N–H and O–H groups in total. The van der Waals surface area contributed by atoms with Crippen LogP contribution in [0.15, 0.2) is 5.38 Å². The molecule has 0 spiro atoms. The predicted octanol–water partition coefficient (Wildman–Crippen LogP) is 1.17. The van der Waals surface area contributed by atoms with Crippen molar-refractivity contribution in [2.75, 3.05) is 45.3 Å². The quantitative estimate of drug-likeness (QED) is 0.862. The van der Waals surface area contributed by atoms with Crippen molar-refractivity contribution in [2.45, 2.75) is 31.0 Å². The molecular weight excluding hydrogens is 314 g/mol. The van der Waals surface area contributed by atoms with Gasteiger partial charge in [0, 0.05) is 63.0 Å². The molecule has 1 aromatic heterocycles. The second-order valence-corrected chi connectivity index (χ2v) is 7.73. The standard InChI is InChI=1S/C16H25N3O3S/c1-17-15-18-12(10-23-15)7-19-6-11-8-22-5-3-16(11,20)13-9-21-4-2-14(13)19/h10-11,13-14,20H,2-9H2,1H3,(H,17,18)/t11-,13+,14-,16-/m0/s1. The predicted molar refractivity (Wildman–Crippen MR) is 88.7 cm³/mol. The normalized spacial score (nSPS) is 37.9. The first-order valence-corrected chi connectivity index (χ1v) is 9.33. The Hall–Kier alpha value is -0.730. The van der Waals surface area contributed by atoms with E-state index < -0.39 is 5.60 Å². The van der Waals surface area contributed by atoms with E-state index >= 15 is 0 Å². The van der Waals surface area contributed by atoms with E-state index in [9.17, 15) is 5.11 Å². The van der Waals surface area contributed by atoms with Crippen LogP contribution in [0, 0.1) is 11.8 Å². The van der Waals surface area contributed by atoms with Crippen molar-refractivity contribution in [1.82, 2.24) is 9.88 Å². The molecule has 0 saturated carbocycles. The van der Waals surface area contributed by atoms with Gasteiger partial charge >= 0.3 is 0 Å². The number of fused-ring (bicyclic) bond motifs is 3. The molecule has 0 unspecified atom stereocenters. The lowest BCUT2D eigenvalue weighted by Gasteiger charge is -2.57. The Bertz CT molecular complexity index is 554. The van der Waals surface area contributed by atoms with Crippen LogP contribution in [0.3, 0.4) is 0 Å². The zero-order chi connectivity index (χ0) is 15.9. The topological polar surface area (TPSA) is 66.9 Å². The first-order chi connectivity index (χ1) is 11.2. The third-order valence-corrected chi connectivity index (χ3v) is 6.60. The van der Waals surface area contributed by atoms with Crippen LogP contribution in [0.25, 0.3) is 0 Å². The summed E-state index contributed by atoms with van der Waals surface area (Å²) in [6.07, 6.45) is 1.72. The molecule has 3 saturated heterocycles. The Morgan fingerprint density at radius 3 is 3.13 bits per heavy atom. The molecule has 0 radical (unpaired) electrons. The van der Waals surface area contributed by atoms with Crippen molar-refractivity contribution in [3.8, 4) is 0 Å². The van der Waals surface area contributed by atoms with Crippen LogP contribution in [0.5, 0.6) is 0 Å². The van der Waals surface area contributed by atoms with Gasteiger partial charge in [0.05, 0.1) is 24.5 Å². The lowest BCUT2D eigenvalue weighted by Crippen LogP contribution is -2.67. The average Bonchev–Trinajstić information content (AvgIpc) is 3.03. The van der Waals surface area contributed by atoms with Gasteiger partial charge in [0.1, 0.15) is 0 Å². The number of nitrogens with zero attached hydrogens (tertiary/aromatic N) is 2. The SMILES string of the molecule is CNc1nc(CN2C[C@H]3COCC[C@@]3(O)[C@@H]3COCC[C@@H]32)cs1. The maximum atomic E-state index is 11.3. The van der Waals surface area contributed by atoms with Gasteiger partial charge in [0.15, 0.2) is 5.13 Å². The molecule has 0 bridgehead atoms. The number of ether oxygens (including phenoxy) is 2. The minimum atomic E-state index is -0.627. The Morgan fingerprint density at radius 1 is 1.43 bits per heavy atom. The van der Waals surface area contributed by atoms with E-state index in [1.165, 1.54) is 0 Å². The Balaban J connectivity index is 1.57. The van der Waals surface area contributed by atoms with Gasteiger partial charge in [0.2, 0.25) is 0 Å². The second-order valence-electron chi connectivity index (χ2n) is 6.87. The first kappa shape index (κ1) is 15.8. The molecule has 23 heavy (non-hydrogen) atoms. The fraction of sp³-hybridized carbons (Fsp3) is 0.812. The van der Waals surface area contributed by atoms with Gasteiger partial charge in [-0.2, -0.15) is 0 Å². The number of nitrogens with one attached hydrogen (secondary N) is 1. The molecular formula is C16H25N3O3S. The van der Waals surface area contributed by atoms with Gasteiger partial charge in [-0.05, 0) is 6.42 Å². The highest BCUT2D eigenvalue weighted by Gasteiger charge is 2.55. The summed E-state index contributed by atoms with van der Waals surface area (Å²) in [4.78, 5) is 7.12. The Kier molecular flexibility index (Phi) is 4.32. The van der Waals surface area contributed by atoms with Gasteiger partial charge in [-0.1, -0.05) is 0 Å². The van der Waals surface area contributed by atoms with Crippen LogP contribution in [0.2, 0.25) is 0 Å². The van der Waals surface area contributed by atoms with Crippen LogP contribution in [-0.4, -0.2) is 66.7 Å². The second kappa shape index (κ2) is 6.29. The number of aromatic nitrogens is 1. The molecule has 0 aromatic carbocycles. The molecule has 7 heteroatoms. The fourth-order valence-corrected chi connectivity index (χ4v) is 5.12. The molecule has 128 valence electrons. The van der Waals surface area contributed by atoms with Crippen molar-refractivity contribution in [3.05, 3.63) is 11.1 Å². The van der Waals surface area contributed by atoms with Crippen molar-refractivity contribution in [1.29, 1.82) is 0 Å². The van der Waals surface area contributed by atoms with Gasteiger partial charge < -0.3 is 19.9 Å². The van der Waals surface area contributed by atoms with E-state index in [2.05, 4.69) is 20.6 Å². The molecule has 3 aliphatic heterocycles. The molecule has 4 atom stereocenters. The van der Waals surface area contributed by atoms with Crippen molar-refractivity contribution >= 4 is 16.5 Å². The largest absolute Gasteiger partial charge is 0.389 e. The van der Waals surface area contributed by atoms with E-state index in [1.54, 1.807) is 11.3 Å². The average molecular weight is 339 g/mol. The smallest absolute Gasteiger partial charge is 0.182 e. The van der Waals surface area contributed by atoms with Crippen LogP contribution in [-0.2, 0) is 16.0 Å². The molecule has 3 aliphatic rings. The summed E-state index contributed by atoms with van der Waals surface area (Å²) in [5.41, 5.74) is 0.477. The maximum absolute atomic E-state index is 11.3. The summed E-state index contributed by atoms with van der Waals surface area (Å²) in [6.45, 7) is 4.47. The van der Waals surface area contributed by atoms with E-state index in [-0.39, 0.29) is 11.8 Å². The molecule has 0 aliphatic carbocycles. The monoisotopic (exact) mass is 339 g/mol. The van der Waals surface area contributed by atoms with Crippen molar-refractivity contribution in [3.63, 3.8) is 0 Å². The van der Waals surface area contributed by atoms with Crippen LogP contribution in [0.4, 0.5) is 5.13 Å². The summed E-state index contributed by atoms with van der Waals surface area (Å²) in [5.74, 6) is 0.350.